The van der Waals surface area contributed by atoms with Crippen LogP contribution < -0.4 is 10.9 Å². The molecular weight excluding hydrogens is 573 g/mol. The molecule has 0 saturated heterocycles. The second-order valence-electron chi connectivity index (χ2n) is 13.5. The average Bonchev–Trinajstić information content (AvgIpc) is 3.65. The van der Waals surface area contributed by atoms with Crippen molar-refractivity contribution in [2.45, 2.75) is 37.5 Å². The van der Waals surface area contributed by atoms with Gasteiger partial charge in [0, 0.05) is 62.1 Å². The summed E-state index contributed by atoms with van der Waals surface area (Å²) in [5, 5.41) is 5.34. The SMILES string of the molecule is C1=CC2O/C=C/CC/C=C/N(C3=CC4=C5B(c6cccc7c8ccccc8n4c67)c4cccc6c7ccccc7n(c46)C5C3)C2C=C1. The molecule has 5 heterocycles. The fourth-order valence-electron chi connectivity index (χ4n) is 9.32. The van der Waals surface area contributed by atoms with Crippen molar-refractivity contribution in [2.24, 2.45) is 0 Å². The van der Waals surface area contributed by atoms with Gasteiger partial charge in [-0.1, -0.05) is 97.1 Å². The van der Waals surface area contributed by atoms with Gasteiger partial charge in [0.05, 0.1) is 23.9 Å². The summed E-state index contributed by atoms with van der Waals surface area (Å²) in [6, 6.07) is 32.2. The number of hydrogen-bond acceptors (Lipinski definition) is 2. The average molecular weight is 606 g/mol. The van der Waals surface area contributed by atoms with Gasteiger partial charge in [0.25, 0.3) is 0 Å². The molecule has 6 aromatic rings. The molecule has 5 heteroatoms. The first-order valence-corrected chi connectivity index (χ1v) is 17.0. The first kappa shape index (κ1) is 25.7. The van der Waals surface area contributed by atoms with Crippen LogP contribution in [0.15, 0.2) is 151 Å². The second-order valence-corrected chi connectivity index (χ2v) is 13.5. The number of nitrogens with zero attached hydrogens (tertiary/aromatic N) is 3. The highest BCUT2D eigenvalue weighted by molar-refractivity contribution is 6.95. The molecule has 0 fully saturated rings. The van der Waals surface area contributed by atoms with Gasteiger partial charge < -0.3 is 18.8 Å². The minimum atomic E-state index is -0.0691. The number of benzene rings is 4. The van der Waals surface area contributed by atoms with E-state index in [9.17, 15) is 0 Å². The molecule has 224 valence electrons. The lowest BCUT2D eigenvalue weighted by Gasteiger charge is -2.44. The van der Waals surface area contributed by atoms with Crippen LogP contribution in [-0.2, 0) is 4.74 Å². The Kier molecular flexibility index (Phi) is 5.23. The minimum absolute atomic E-state index is 0.0535. The third kappa shape index (κ3) is 3.39. The normalized spacial score (nSPS) is 24.0. The third-order valence-electron chi connectivity index (χ3n) is 11.1. The highest BCUT2D eigenvalue weighted by Crippen LogP contribution is 2.49. The molecule has 5 aliphatic rings. The highest BCUT2D eigenvalue weighted by atomic mass is 16.5. The number of ether oxygens (including phenoxy) is 1. The topological polar surface area (TPSA) is 22.3 Å². The molecule has 3 aliphatic heterocycles. The Hall–Kier alpha value is -5.42. The van der Waals surface area contributed by atoms with Crippen LogP contribution in [-0.4, -0.2) is 32.9 Å². The lowest BCUT2D eigenvalue weighted by Crippen LogP contribution is -2.54. The molecule has 3 unspecified atom stereocenters. The van der Waals surface area contributed by atoms with Crippen LogP contribution in [0.25, 0.3) is 49.3 Å². The molecule has 0 N–H and O–H groups in total. The first-order chi connectivity index (χ1) is 23.4. The van der Waals surface area contributed by atoms with Crippen LogP contribution >= 0.6 is 0 Å². The van der Waals surface area contributed by atoms with Gasteiger partial charge in [-0.3, -0.25) is 0 Å². The molecule has 0 radical (unpaired) electrons. The molecule has 0 spiro atoms. The van der Waals surface area contributed by atoms with Crippen molar-refractivity contribution in [3.63, 3.8) is 0 Å². The van der Waals surface area contributed by atoms with Crippen molar-refractivity contribution in [1.29, 1.82) is 0 Å². The quantitative estimate of drug-likeness (QED) is 0.177. The number of allylic oxidation sites excluding steroid dienone is 8. The zero-order valence-corrected chi connectivity index (χ0v) is 26.0. The molecule has 4 aromatic carbocycles. The summed E-state index contributed by atoms with van der Waals surface area (Å²) >= 11 is 0. The van der Waals surface area contributed by atoms with Gasteiger partial charge in [-0.15, -0.1) is 0 Å². The van der Waals surface area contributed by atoms with Gasteiger partial charge in [-0.25, -0.2) is 0 Å². The van der Waals surface area contributed by atoms with Crippen molar-refractivity contribution in [1.82, 2.24) is 14.0 Å². The molecule has 2 aromatic heterocycles. The lowest BCUT2D eigenvalue weighted by molar-refractivity contribution is 0.123. The van der Waals surface area contributed by atoms with E-state index in [2.05, 4.69) is 148 Å². The molecule has 11 rings (SSSR count). The monoisotopic (exact) mass is 605 g/mol. The molecule has 2 aliphatic carbocycles. The van der Waals surface area contributed by atoms with Gasteiger partial charge in [-0.2, -0.15) is 0 Å². The van der Waals surface area contributed by atoms with Gasteiger partial charge in [-0.05, 0) is 59.6 Å². The number of hydrogen-bond donors (Lipinski definition) is 0. The van der Waals surface area contributed by atoms with Crippen LogP contribution in [0.3, 0.4) is 0 Å². The van der Waals surface area contributed by atoms with Crippen molar-refractivity contribution < 1.29 is 4.74 Å². The van der Waals surface area contributed by atoms with E-state index in [0.717, 1.165) is 19.3 Å². The van der Waals surface area contributed by atoms with E-state index in [-0.39, 0.29) is 24.9 Å². The number of para-hydroxylation sites is 4. The zero-order valence-electron chi connectivity index (χ0n) is 26.0. The van der Waals surface area contributed by atoms with Gasteiger partial charge in [0.2, 0.25) is 6.71 Å². The van der Waals surface area contributed by atoms with Crippen LogP contribution in [0.2, 0.25) is 0 Å². The Balaban J connectivity index is 1.25. The van der Waals surface area contributed by atoms with Gasteiger partial charge >= 0.3 is 0 Å². The van der Waals surface area contributed by atoms with Crippen molar-refractivity contribution in [2.75, 3.05) is 0 Å². The number of aromatic nitrogens is 2. The number of fused-ring (bicyclic) bond motifs is 11. The van der Waals surface area contributed by atoms with Gasteiger partial charge in [0.15, 0.2) is 0 Å². The highest BCUT2D eigenvalue weighted by Gasteiger charge is 2.46. The summed E-state index contributed by atoms with van der Waals surface area (Å²) in [4.78, 5) is 2.51. The van der Waals surface area contributed by atoms with Crippen LogP contribution in [0.4, 0.5) is 0 Å². The Morgan fingerprint density at radius 1 is 0.681 bits per heavy atom. The van der Waals surface area contributed by atoms with E-state index in [1.54, 1.807) is 0 Å². The molecule has 47 heavy (non-hydrogen) atoms. The summed E-state index contributed by atoms with van der Waals surface area (Å²) in [6.07, 6.45) is 22.8. The predicted molar refractivity (Wildman–Crippen MR) is 195 cm³/mol. The molecule has 3 atom stereocenters. The first-order valence-electron chi connectivity index (χ1n) is 17.0. The van der Waals surface area contributed by atoms with E-state index in [4.69, 9.17) is 4.74 Å². The Labute approximate surface area is 273 Å². The molecule has 0 amide bonds. The summed E-state index contributed by atoms with van der Waals surface area (Å²) < 4.78 is 11.6. The largest absolute Gasteiger partial charge is 0.492 e. The fraction of sp³-hybridized carbons (Fsp3) is 0.143. The summed E-state index contributed by atoms with van der Waals surface area (Å²) in [5.74, 6) is 0. The summed E-state index contributed by atoms with van der Waals surface area (Å²) in [6.45, 7) is 0.196. The van der Waals surface area contributed by atoms with Crippen LogP contribution in [0.5, 0.6) is 0 Å². The van der Waals surface area contributed by atoms with Crippen LogP contribution in [0.1, 0.15) is 25.3 Å². The minimum Gasteiger partial charge on any atom is -0.492 e. The predicted octanol–water partition coefficient (Wildman–Crippen LogP) is 8.12. The van der Waals surface area contributed by atoms with E-state index >= 15 is 0 Å². The van der Waals surface area contributed by atoms with Crippen molar-refractivity contribution >= 4 is 66.9 Å². The molecule has 0 bridgehead atoms. The van der Waals surface area contributed by atoms with Crippen molar-refractivity contribution in [3.05, 3.63) is 151 Å². The standard InChI is InChI=1S/C42H32BN3O/c1-2-10-24-47-39-22-8-7-21-36(39)44(23-9-1)27-25-37-40-38(26-27)46-35-20-6-4-14-29(35)31-16-12-18-33(42(31)46)43(40)32-17-11-15-30-28-13-3-5-19-34(28)45(37)41(30)32/h3-25,36,38-39H,1-2,26H2/b23-9+,24-10+. The molecule has 4 nitrogen and oxygen atoms in total. The Morgan fingerprint density at radius 3 is 2.26 bits per heavy atom. The fourth-order valence-corrected chi connectivity index (χ4v) is 9.32. The van der Waals surface area contributed by atoms with E-state index in [1.807, 2.05) is 6.26 Å². The summed E-state index contributed by atoms with van der Waals surface area (Å²) in [5.41, 5.74) is 12.3. The van der Waals surface area contributed by atoms with E-state index in [0.29, 0.717) is 0 Å². The lowest BCUT2D eigenvalue weighted by atomic mass is 9.32. The number of rotatable bonds is 1. The molecular formula is C42H32BN3O. The maximum Gasteiger partial charge on any atom is 0.247 e. The van der Waals surface area contributed by atoms with Crippen molar-refractivity contribution in [3.8, 4) is 0 Å². The Bertz CT molecular complexity index is 2520. The van der Waals surface area contributed by atoms with E-state index in [1.165, 1.54) is 71.4 Å². The maximum atomic E-state index is 6.36. The smallest absolute Gasteiger partial charge is 0.247 e. The van der Waals surface area contributed by atoms with Crippen LogP contribution in [0, 0.1) is 0 Å². The molecule has 0 saturated carbocycles. The zero-order chi connectivity index (χ0) is 30.6. The Morgan fingerprint density at radius 2 is 1.38 bits per heavy atom. The second kappa shape index (κ2) is 9.55. The summed E-state index contributed by atoms with van der Waals surface area (Å²) in [7, 11) is 0. The van der Waals surface area contributed by atoms with E-state index < -0.39 is 0 Å². The third-order valence-corrected chi connectivity index (χ3v) is 11.1. The van der Waals surface area contributed by atoms with Gasteiger partial charge in [0.1, 0.15) is 6.10 Å². The maximum absolute atomic E-state index is 6.36.